The SMILES string of the molecule is CCNC(=O)c1cc2c(=O)n3cccc(C)c3nc2n(C(C)C)c1=N. The number of fused-ring (bicyclic) bond motifs is 2. The maximum Gasteiger partial charge on any atom is 0.267 e. The molecular formula is C18H21N5O2. The smallest absolute Gasteiger partial charge is 0.267 e. The third kappa shape index (κ3) is 2.61. The van der Waals surface area contributed by atoms with Gasteiger partial charge in [0.15, 0.2) is 0 Å². The molecule has 7 nitrogen and oxygen atoms in total. The molecule has 25 heavy (non-hydrogen) atoms. The summed E-state index contributed by atoms with van der Waals surface area (Å²) < 4.78 is 3.11. The summed E-state index contributed by atoms with van der Waals surface area (Å²) in [6.45, 7) is 7.95. The van der Waals surface area contributed by atoms with Crippen molar-refractivity contribution in [3.05, 3.63) is 51.4 Å². The zero-order chi connectivity index (χ0) is 18.3. The highest BCUT2D eigenvalue weighted by atomic mass is 16.1. The summed E-state index contributed by atoms with van der Waals surface area (Å²) in [4.78, 5) is 30.0. The molecule has 3 rings (SSSR count). The van der Waals surface area contributed by atoms with Gasteiger partial charge < -0.3 is 9.88 Å². The summed E-state index contributed by atoms with van der Waals surface area (Å²) in [6.07, 6.45) is 1.66. The zero-order valence-electron chi connectivity index (χ0n) is 14.8. The van der Waals surface area contributed by atoms with Gasteiger partial charge in [-0.05, 0) is 45.4 Å². The molecule has 0 atom stereocenters. The normalized spacial score (nSPS) is 11.4. The van der Waals surface area contributed by atoms with Crippen LogP contribution in [0.3, 0.4) is 0 Å². The van der Waals surface area contributed by atoms with Crippen molar-refractivity contribution in [2.24, 2.45) is 0 Å². The van der Waals surface area contributed by atoms with Gasteiger partial charge in [-0.2, -0.15) is 0 Å². The first kappa shape index (κ1) is 16.9. The van der Waals surface area contributed by atoms with Crippen LogP contribution in [-0.2, 0) is 0 Å². The van der Waals surface area contributed by atoms with Crippen molar-refractivity contribution in [3.8, 4) is 0 Å². The van der Waals surface area contributed by atoms with Crippen LogP contribution >= 0.6 is 0 Å². The van der Waals surface area contributed by atoms with Gasteiger partial charge in [0.2, 0.25) is 0 Å². The molecule has 0 aliphatic carbocycles. The van der Waals surface area contributed by atoms with Crippen LogP contribution in [0.2, 0.25) is 0 Å². The largest absolute Gasteiger partial charge is 0.352 e. The Bertz CT molecular complexity index is 1110. The fraction of sp³-hybridized carbons (Fsp3) is 0.333. The fourth-order valence-electron chi connectivity index (χ4n) is 2.99. The van der Waals surface area contributed by atoms with E-state index in [1.807, 2.05) is 33.8 Å². The molecule has 0 saturated carbocycles. The summed E-state index contributed by atoms with van der Waals surface area (Å²) in [5.74, 6) is -0.363. The van der Waals surface area contributed by atoms with E-state index in [9.17, 15) is 9.59 Å². The number of nitrogens with zero attached hydrogens (tertiary/aromatic N) is 3. The second kappa shape index (κ2) is 6.16. The van der Waals surface area contributed by atoms with Crippen molar-refractivity contribution in [3.63, 3.8) is 0 Å². The topological polar surface area (TPSA) is 92.2 Å². The summed E-state index contributed by atoms with van der Waals surface area (Å²) in [5.41, 5.74) is 1.83. The van der Waals surface area contributed by atoms with Crippen LogP contribution in [0.1, 0.15) is 42.7 Å². The van der Waals surface area contributed by atoms with Crippen molar-refractivity contribution < 1.29 is 4.79 Å². The highest BCUT2D eigenvalue weighted by molar-refractivity contribution is 5.96. The highest BCUT2D eigenvalue weighted by Crippen LogP contribution is 2.15. The van der Waals surface area contributed by atoms with Crippen molar-refractivity contribution in [2.45, 2.75) is 33.7 Å². The van der Waals surface area contributed by atoms with Gasteiger partial charge in [0.05, 0.1) is 10.9 Å². The number of aromatic nitrogens is 3. The predicted octanol–water partition coefficient (Wildman–Crippen LogP) is 1.77. The summed E-state index contributed by atoms with van der Waals surface area (Å²) >= 11 is 0. The van der Waals surface area contributed by atoms with Crippen LogP contribution < -0.4 is 16.4 Å². The average molecular weight is 339 g/mol. The Balaban J connectivity index is 2.54. The molecule has 0 fully saturated rings. The van der Waals surface area contributed by atoms with Crippen molar-refractivity contribution in [1.82, 2.24) is 19.3 Å². The number of carbonyl (C=O) groups is 1. The number of pyridine rings is 2. The molecule has 0 aliphatic rings. The van der Waals surface area contributed by atoms with Gasteiger partial charge in [0, 0.05) is 18.8 Å². The summed E-state index contributed by atoms with van der Waals surface area (Å²) in [6, 6.07) is 5.03. The Morgan fingerprint density at radius 1 is 1.36 bits per heavy atom. The lowest BCUT2D eigenvalue weighted by atomic mass is 10.1. The van der Waals surface area contributed by atoms with Crippen LogP contribution in [0.15, 0.2) is 29.2 Å². The van der Waals surface area contributed by atoms with Gasteiger partial charge in [-0.25, -0.2) is 4.98 Å². The monoisotopic (exact) mass is 339 g/mol. The van der Waals surface area contributed by atoms with Crippen LogP contribution in [0.4, 0.5) is 0 Å². The van der Waals surface area contributed by atoms with E-state index in [-0.39, 0.29) is 28.6 Å². The lowest BCUT2D eigenvalue weighted by molar-refractivity contribution is 0.0953. The van der Waals surface area contributed by atoms with E-state index in [1.54, 1.807) is 16.8 Å². The van der Waals surface area contributed by atoms with E-state index in [1.165, 1.54) is 10.5 Å². The Hall–Kier alpha value is -2.96. The first-order valence-electron chi connectivity index (χ1n) is 8.26. The van der Waals surface area contributed by atoms with E-state index in [2.05, 4.69) is 10.3 Å². The maximum atomic E-state index is 13.0. The molecule has 0 radical (unpaired) electrons. The number of carbonyl (C=O) groups excluding carboxylic acids is 1. The highest BCUT2D eigenvalue weighted by Gasteiger charge is 2.18. The second-order valence-corrected chi connectivity index (χ2v) is 6.27. The molecule has 7 heteroatoms. The number of hydrogen-bond donors (Lipinski definition) is 2. The van der Waals surface area contributed by atoms with Crippen LogP contribution in [0, 0.1) is 12.3 Å². The predicted molar refractivity (Wildman–Crippen MR) is 95.9 cm³/mol. The van der Waals surface area contributed by atoms with Gasteiger partial charge in [0.25, 0.3) is 11.5 Å². The van der Waals surface area contributed by atoms with E-state index >= 15 is 0 Å². The van der Waals surface area contributed by atoms with Crippen LogP contribution in [-0.4, -0.2) is 26.4 Å². The lowest BCUT2D eigenvalue weighted by Gasteiger charge is -2.17. The van der Waals surface area contributed by atoms with E-state index in [0.29, 0.717) is 23.2 Å². The molecule has 3 aromatic rings. The van der Waals surface area contributed by atoms with Gasteiger partial charge in [-0.15, -0.1) is 0 Å². The zero-order valence-corrected chi connectivity index (χ0v) is 14.8. The van der Waals surface area contributed by atoms with Crippen molar-refractivity contribution in [1.29, 1.82) is 5.41 Å². The van der Waals surface area contributed by atoms with Crippen molar-refractivity contribution >= 4 is 22.6 Å². The van der Waals surface area contributed by atoms with Crippen LogP contribution in [0.25, 0.3) is 16.7 Å². The number of aryl methyl sites for hydroxylation is 1. The molecule has 0 aliphatic heterocycles. The summed E-state index contributed by atoms with van der Waals surface area (Å²) in [7, 11) is 0. The standard InChI is InChI=1S/C18H21N5O2/c1-5-20-17(24)12-9-13-16(23(10(2)3)14(12)19)21-15-11(4)7-6-8-22(15)18(13)25/h6-10,19H,5H2,1-4H3,(H,20,24). The number of hydrogen-bond acceptors (Lipinski definition) is 4. The van der Waals surface area contributed by atoms with E-state index < -0.39 is 0 Å². The Morgan fingerprint density at radius 2 is 2.08 bits per heavy atom. The average Bonchev–Trinajstić information content (AvgIpc) is 2.55. The molecule has 0 bridgehead atoms. The molecule has 0 saturated heterocycles. The van der Waals surface area contributed by atoms with Gasteiger partial charge in [-0.1, -0.05) is 6.07 Å². The molecule has 1 amide bonds. The Kier molecular flexibility index (Phi) is 4.16. The number of amides is 1. The molecule has 0 spiro atoms. The minimum atomic E-state index is -0.363. The Morgan fingerprint density at radius 3 is 2.72 bits per heavy atom. The van der Waals surface area contributed by atoms with E-state index in [0.717, 1.165) is 5.56 Å². The first-order chi connectivity index (χ1) is 11.9. The quantitative estimate of drug-likeness (QED) is 0.712. The first-order valence-corrected chi connectivity index (χ1v) is 8.26. The molecule has 3 aromatic heterocycles. The summed E-state index contributed by atoms with van der Waals surface area (Å²) in [5, 5.41) is 11.5. The number of nitrogens with one attached hydrogen (secondary N) is 2. The van der Waals surface area contributed by atoms with Gasteiger partial charge in [0.1, 0.15) is 16.8 Å². The minimum Gasteiger partial charge on any atom is -0.352 e. The van der Waals surface area contributed by atoms with Crippen LogP contribution in [0.5, 0.6) is 0 Å². The van der Waals surface area contributed by atoms with Gasteiger partial charge >= 0.3 is 0 Å². The fourth-order valence-corrected chi connectivity index (χ4v) is 2.99. The van der Waals surface area contributed by atoms with Gasteiger partial charge in [-0.3, -0.25) is 19.4 Å². The number of rotatable bonds is 3. The molecular weight excluding hydrogens is 318 g/mol. The molecule has 130 valence electrons. The van der Waals surface area contributed by atoms with E-state index in [4.69, 9.17) is 5.41 Å². The molecule has 0 aromatic carbocycles. The Labute approximate surface area is 144 Å². The molecule has 2 N–H and O–H groups in total. The minimum absolute atomic E-state index is 0.0540. The van der Waals surface area contributed by atoms with Crippen molar-refractivity contribution in [2.75, 3.05) is 6.54 Å². The third-order valence-corrected chi connectivity index (χ3v) is 4.18. The third-order valence-electron chi connectivity index (χ3n) is 4.18. The molecule has 3 heterocycles. The lowest BCUT2D eigenvalue weighted by Crippen LogP contribution is -2.35. The molecule has 0 unspecified atom stereocenters. The maximum absolute atomic E-state index is 13.0. The second-order valence-electron chi connectivity index (χ2n) is 6.27.